The number of carbonyl (C=O) groups is 2. The van der Waals surface area contributed by atoms with E-state index < -0.39 is 5.54 Å². The van der Waals surface area contributed by atoms with E-state index in [0.29, 0.717) is 26.1 Å². The number of ether oxygens (including phenoxy) is 1. The third kappa shape index (κ3) is 2.35. The van der Waals surface area contributed by atoms with Crippen LogP contribution in [0.1, 0.15) is 18.4 Å². The number of urea groups is 1. The number of benzene rings is 1. The second-order valence-corrected chi connectivity index (χ2v) is 6.05. The summed E-state index contributed by atoms with van der Waals surface area (Å²) in [7, 11) is 0. The zero-order chi connectivity index (χ0) is 15.9. The summed E-state index contributed by atoms with van der Waals surface area (Å²) in [4.78, 5) is 30.6. The van der Waals surface area contributed by atoms with Gasteiger partial charge in [-0.05, 0) is 23.8 Å². The number of carbonyl (C=O) groups excluding carboxylic acids is 2. The summed E-state index contributed by atoms with van der Waals surface area (Å²) in [6, 6.07) is 9.31. The van der Waals surface area contributed by atoms with Crippen LogP contribution in [0.4, 0.5) is 4.79 Å². The van der Waals surface area contributed by atoms with E-state index in [2.05, 4.69) is 10.3 Å². The van der Waals surface area contributed by atoms with E-state index in [1.54, 1.807) is 6.20 Å². The lowest BCUT2D eigenvalue weighted by molar-refractivity contribution is -0.134. The lowest BCUT2D eigenvalue weighted by Crippen LogP contribution is -2.51. The number of hydrogen-bond donors (Lipinski definition) is 1. The number of imide groups is 1. The van der Waals surface area contributed by atoms with Gasteiger partial charge in [-0.2, -0.15) is 0 Å². The number of nitrogens with zero attached hydrogens (tertiary/aromatic N) is 2. The molecule has 1 aromatic carbocycles. The quantitative estimate of drug-likeness (QED) is 0.859. The van der Waals surface area contributed by atoms with Crippen molar-refractivity contribution in [2.45, 2.75) is 24.9 Å². The van der Waals surface area contributed by atoms with Crippen LogP contribution in [0.5, 0.6) is 0 Å². The first-order chi connectivity index (χ1) is 11.2. The minimum Gasteiger partial charge on any atom is -0.381 e. The monoisotopic (exact) mass is 311 g/mol. The van der Waals surface area contributed by atoms with Crippen molar-refractivity contribution in [3.05, 3.63) is 42.1 Å². The summed E-state index contributed by atoms with van der Waals surface area (Å²) < 4.78 is 5.31. The summed E-state index contributed by atoms with van der Waals surface area (Å²) in [5.74, 6) is -0.142. The van der Waals surface area contributed by atoms with E-state index in [1.807, 2.05) is 30.3 Å². The predicted molar refractivity (Wildman–Crippen MR) is 83.6 cm³/mol. The molecule has 2 aliphatic heterocycles. The molecule has 0 saturated carbocycles. The molecule has 6 nitrogen and oxygen atoms in total. The van der Waals surface area contributed by atoms with Gasteiger partial charge in [0.15, 0.2) is 0 Å². The van der Waals surface area contributed by atoms with E-state index in [4.69, 9.17) is 4.74 Å². The SMILES string of the molecule is O=C1NC2(CCOCC2)C(=O)N1Cc1ccc2ncccc2c1. The smallest absolute Gasteiger partial charge is 0.325 e. The molecule has 0 unspecified atom stereocenters. The standard InChI is InChI=1S/C17H17N3O3/c21-15-17(5-8-23-9-6-17)19-16(22)20(15)11-12-3-4-14-13(10-12)2-1-7-18-14/h1-4,7,10H,5-6,8-9,11H2,(H,19,22). The van der Waals surface area contributed by atoms with Crippen LogP contribution in [0.15, 0.2) is 36.5 Å². The van der Waals surface area contributed by atoms with E-state index in [9.17, 15) is 9.59 Å². The molecule has 4 rings (SSSR count). The van der Waals surface area contributed by atoms with Gasteiger partial charge in [0.25, 0.3) is 5.91 Å². The topological polar surface area (TPSA) is 71.5 Å². The third-order valence-electron chi connectivity index (χ3n) is 4.60. The Morgan fingerprint density at radius 1 is 1.22 bits per heavy atom. The molecule has 0 atom stereocenters. The molecule has 23 heavy (non-hydrogen) atoms. The molecule has 2 aliphatic rings. The second-order valence-electron chi connectivity index (χ2n) is 6.05. The number of amides is 3. The maximum Gasteiger partial charge on any atom is 0.325 e. The highest BCUT2D eigenvalue weighted by Gasteiger charge is 2.51. The number of nitrogens with one attached hydrogen (secondary N) is 1. The largest absolute Gasteiger partial charge is 0.381 e. The molecular weight excluding hydrogens is 294 g/mol. The number of pyridine rings is 1. The average Bonchev–Trinajstić information content (AvgIpc) is 2.80. The van der Waals surface area contributed by atoms with Crippen molar-refractivity contribution in [2.24, 2.45) is 0 Å². The van der Waals surface area contributed by atoms with Gasteiger partial charge >= 0.3 is 6.03 Å². The molecule has 118 valence electrons. The van der Waals surface area contributed by atoms with Crippen molar-refractivity contribution in [3.8, 4) is 0 Å². The molecule has 0 aliphatic carbocycles. The normalized spacial score (nSPS) is 20.3. The highest BCUT2D eigenvalue weighted by molar-refractivity contribution is 6.07. The van der Waals surface area contributed by atoms with Crippen LogP contribution in [0.25, 0.3) is 10.9 Å². The lowest BCUT2D eigenvalue weighted by Gasteiger charge is -2.30. The first kappa shape index (κ1) is 14.1. The van der Waals surface area contributed by atoms with E-state index in [-0.39, 0.29) is 18.5 Å². The Hall–Kier alpha value is -2.47. The number of aromatic nitrogens is 1. The summed E-state index contributed by atoms with van der Waals surface area (Å²) >= 11 is 0. The molecule has 3 amide bonds. The molecule has 1 spiro atoms. The zero-order valence-corrected chi connectivity index (χ0v) is 12.6. The van der Waals surface area contributed by atoms with Gasteiger partial charge in [-0.15, -0.1) is 0 Å². The Morgan fingerprint density at radius 2 is 2.04 bits per heavy atom. The van der Waals surface area contributed by atoms with Crippen molar-refractivity contribution >= 4 is 22.8 Å². The second kappa shape index (κ2) is 5.31. The number of fused-ring (bicyclic) bond motifs is 1. The van der Waals surface area contributed by atoms with Crippen LogP contribution in [-0.2, 0) is 16.1 Å². The Labute approximate surface area is 133 Å². The molecule has 1 N–H and O–H groups in total. The molecule has 2 aromatic rings. The van der Waals surface area contributed by atoms with Crippen molar-refractivity contribution in [3.63, 3.8) is 0 Å². The Kier molecular flexibility index (Phi) is 3.27. The lowest BCUT2D eigenvalue weighted by atomic mass is 9.90. The van der Waals surface area contributed by atoms with E-state index in [1.165, 1.54) is 4.90 Å². The Morgan fingerprint density at radius 3 is 2.87 bits per heavy atom. The zero-order valence-electron chi connectivity index (χ0n) is 12.6. The van der Waals surface area contributed by atoms with Gasteiger partial charge in [0.2, 0.25) is 0 Å². The van der Waals surface area contributed by atoms with Crippen LogP contribution in [0.2, 0.25) is 0 Å². The molecule has 3 heterocycles. The van der Waals surface area contributed by atoms with Gasteiger partial charge in [-0.25, -0.2) is 4.79 Å². The van der Waals surface area contributed by atoms with Crippen LogP contribution in [0, 0.1) is 0 Å². The summed E-state index contributed by atoms with van der Waals surface area (Å²) in [6.45, 7) is 1.28. The Balaban J connectivity index is 1.60. The first-order valence-corrected chi connectivity index (χ1v) is 7.73. The minimum absolute atomic E-state index is 0.142. The van der Waals surface area contributed by atoms with Gasteiger partial charge in [0.1, 0.15) is 5.54 Å². The minimum atomic E-state index is -0.770. The molecule has 6 heteroatoms. The predicted octanol–water partition coefficient (Wildman–Crippen LogP) is 1.84. The maximum atomic E-state index is 12.7. The summed E-state index contributed by atoms with van der Waals surface area (Å²) in [5.41, 5.74) is 1.04. The highest BCUT2D eigenvalue weighted by atomic mass is 16.5. The van der Waals surface area contributed by atoms with E-state index in [0.717, 1.165) is 16.5 Å². The highest BCUT2D eigenvalue weighted by Crippen LogP contribution is 2.29. The van der Waals surface area contributed by atoms with Gasteiger partial charge in [0, 0.05) is 37.6 Å². The van der Waals surface area contributed by atoms with Gasteiger partial charge in [0.05, 0.1) is 12.1 Å². The molecule has 0 radical (unpaired) electrons. The third-order valence-corrected chi connectivity index (χ3v) is 4.60. The van der Waals surface area contributed by atoms with Crippen LogP contribution >= 0.6 is 0 Å². The van der Waals surface area contributed by atoms with Crippen molar-refractivity contribution < 1.29 is 14.3 Å². The summed E-state index contributed by atoms with van der Waals surface area (Å²) in [5, 5.41) is 3.87. The van der Waals surface area contributed by atoms with Crippen LogP contribution < -0.4 is 5.32 Å². The fourth-order valence-electron chi connectivity index (χ4n) is 3.28. The fourth-order valence-corrected chi connectivity index (χ4v) is 3.28. The van der Waals surface area contributed by atoms with Crippen molar-refractivity contribution in [1.82, 2.24) is 15.2 Å². The fraction of sp³-hybridized carbons (Fsp3) is 0.353. The van der Waals surface area contributed by atoms with E-state index >= 15 is 0 Å². The number of hydrogen-bond acceptors (Lipinski definition) is 4. The number of rotatable bonds is 2. The molecule has 2 fully saturated rings. The Bertz CT molecular complexity index is 784. The van der Waals surface area contributed by atoms with Gasteiger partial charge in [-0.3, -0.25) is 14.7 Å². The molecule has 2 saturated heterocycles. The van der Waals surface area contributed by atoms with Gasteiger partial charge < -0.3 is 10.1 Å². The van der Waals surface area contributed by atoms with Crippen LogP contribution in [0.3, 0.4) is 0 Å². The van der Waals surface area contributed by atoms with Crippen molar-refractivity contribution in [1.29, 1.82) is 0 Å². The van der Waals surface area contributed by atoms with Crippen LogP contribution in [-0.4, -0.2) is 40.6 Å². The van der Waals surface area contributed by atoms with Gasteiger partial charge in [-0.1, -0.05) is 12.1 Å². The van der Waals surface area contributed by atoms with Crippen molar-refractivity contribution in [2.75, 3.05) is 13.2 Å². The molecule has 0 bridgehead atoms. The summed E-state index contributed by atoms with van der Waals surface area (Å²) in [6.07, 6.45) is 2.82. The molecule has 1 aromatic heterocycles. The average molecular weight is 311 g/mol. The molecular formula is C17H17N3O3. The first-order valence-electron chi connectivity index (χ1n) is 7.73. The maximum absolute atomic E-state index is 12.7.